The van der Waals surface area contributed by atoms with Crippen LogP contribution in [0.4, 0.5) is 4.39 Å². The first-order chi connectivity index (χ1) is 4.46. The predicted molar refractivity (Wildman–Crippen MR) is 39.2 cm³/mol. The van der Waals surface area contributed by atoms with Gasteiger partial charge >= 0.3 is 0 Å². The van der Waals surface area contributed by atoms with Gasteiger partial charge in [-0.2, -0.15) is 0 Å². The average Bonchev–Trinajstić information content (AvgIpc) is 1.84. The van der Waals surface area contributed by atoms with E-state index in [0.717, 1.165) is 0 Å². The van der Waals surface area contributed by atoms with E-state index in [1.54, 1.807) is 6.92 Å². The van der Waals surface area contributed by atoms with Crippen molar-refractivity contribution in [3.63, 3.8) is 0 Å². The minimum atomic E-state index is -1.49. The van der Waals surface area contributed by atoms with Crippen LogP contribution in [0.5, 0.6) is 0 Å². The van der Waals surface area contributed by atoms with Crippen LogP contribution in [0.2, 0.25) is 0 Å². The number of carbonyl (C=O) groups excluding carboxylic acids is 1. The first-order valence-corrected chi connectivity index (χ1v) is 3.13. The van der Waals surface area contributed by atoms with E-state index in [-0.39, 0.29) is 5.57 Å². The molecule has 0 fully saturated rings. The second kappa shape index (κ2) is 3.49. The Bertz CT molecular complexity index is 149. The van der Waals surface area contributed by atoms with Gasteiger partial charge in [0.1, 0.15) is 0 Å². The predicted octanol–water partition coefficient (Wildman–Crippen LogP) is 1.94. The topological polar surface area (TPSA) is 17.1 Å². The van der Waals surface area contributed by atoms with Gasteiger partial charge in [0.2, 0.25) is 0 Å². The molecule has 57 valence electrons. The molecule has 0 saturated carbocycles. The third kappa shape index (κ3) is 2.29. The zero-order valence-corrected chi connectivity index (χ0v) is 6.36. The molecule has 2 unspecified atom stereocenters. The van der Waals surface area contributed by atoms with Gasteiger partial charge in [0.25, 0.3) is 0 Å². The van der Waals surface area contributed by atoms with Gasteiger partial charge in [0.15, 0.2) is 12.0 Å². The van der Waals surface area contributed by atoms with Gasteiger partial charge in [0, 0.05) is 0 Å². The lowest BCUT2D eigenvalue weighted by molar-refractivity contribution is -0.121. The van der Waals surface area contributed by atoms with Gasteiger partial charge in [-0.15, -0.1) is 0 Å². The zero-order valence-electron chi connectivity index (χ0n) is 6.36. The van der Waals surface area contributed by atoms with Crippen LogP contribution in [0.25, 0.3) is 0 Å². The molecule has 0 heterocycles. The van der Waals surface area contributed by atoms with Crippen molar-refractivity contribution in [2.45, 2.75) is 20.0 Å². The Morgan fingerprint density at radius 1 is 1.60 bits per heavy atom. The second-order valence-corrected chi connectivity index (χ2v) is 2.52. The Labute approximate surface area is 60.9 Å². The summed E-state index contributed by atoms with van der Waals surface area (Å²) >= 11 is 0. The number of carbonyl (C=O) groups is 1. The maximum atomic E-state index is 12.7. The smallest absolute Gasteiger partial charge is 0.192 e. The quantitative estimate of drug-likeness (QED) is 0.552. The summed E-state index contributed by atoms with van der Waals surface area (Å²) in [7, 11) is 0. The molecular weight excluding hydrogens is 131 g/mol. The Balaban J connectivity index is 4.08. The Morgan fingerprint density at radius 2 is 2.00 bits per heavy atom. The molecule has 10 heavy (non-hydrogen) atoms. The highest BCUT2D eigenvalue weighted by Crippen LogP contribution is 2.10. The maximum Gasteiger partial charge on any atom is 0.192 e. The Morgan fingerprint density at radius 3 is 2.10 bits per heavy atom. The fraction of sp³-hybridized carbons (Fsp3) is 0.500. The molecule has 0 aliphatic heterocycles. The van der Waals surface area contributed by atoms with Crippen molar-refractivity contribution < 1.29 is 9.18 Å². The van der Waals surface area contributed by atoms with E-state index < -0.39 is 17.9 Å². The SMILES string of the molecule is [CH2]C(C)C(F)C(=O)C(=C)C. The van der Waals surface area contributed by atoms with Crippen molar-refractivity contribution in [2.75, 3.05) is 0 Å². The van der Waals surface area contributed by atoms with Crippen molar-refractivity contribution in [3.05, 3.63) is 19.1 Å². The molecule has 1 nitrogen and oxygen atoms in total. The molecule has 0 spiro atoms. The Hall–Kier alpha value is -0.660. The highest BCUT2D eigenvalue weighted by molar-refractivity contribution is 5.97. The van der Waals surface area contributed by atoms with Crippen LogP contribution in [0, 0.1) is 12.8 Å². The summed E-state index contributed by atoms with van der Waals surface area (Å²) in [4.78, 5) is 10.8. The van der Waals surface area contributed by atoms with Crippen LogP contribution in [0.15, 0.2) is 12.2 Å². The number of hydrogen-bond acceptors (Lipinski definition) is 1. The van der Waals surface area contributed by atoms with E-state index in [1.165, 1.54) is 6.92 Å². The molecule has 0 aliphatic rings. The molecular formula is C8H12FO. The lowest BCUT2D eigenvalue weighted by Gasteiger charge is -2.09. The number of halogens is 1. The van der Waals surface area contributed by atoms with Gasteiger partial charge in [0.05, 0.1) is 0 Å². The normalized spacial score (nSPS) is 13.3. The third-order valence-corrected chi connectivity index (χ3v) is 1.17. The first-order valence-electron chi connectivity index (χ1n) is 3.13. The fourth-order valence-electron chi connectivity index (χ4n) is 0.494. The second-order valence-electron chi connectivity index (χ2n) is 2.52. The van der Waals surface area contributed by atoms with Gasteiger partial charge in [-0.25, -0.2) is 4.39 Å². The summed E-state index contributed by atoms with van der Waals surface area (Å²) in [6, 6.07) is 0. The largest absolute Gasteiger partial charge is 0.291 e. The summed E-state index contributed by atoms with van der Waals surface area (Å²) in [5.41, 5.74) is 0.253. The van der Waals surface area contributed by atoms with Crippen molar-refractivity contribution >= 4 is 5.78 Å². The maximum absolute atomic E-state index is 12.7. The van der Waals surface area contributed by atoms with Gasteiger partial charge in [-0.1, -0.05) is 13.5 Å². The van der Waals surface area contributed by atoms with E-state index in [2.05, 4.69) is 13.5 Å². The monoisotopic (exact) mass is 143 g/mol. The highest BCUT2D eigenvalue weighted by Gasteiger charge is 2.20. The molecule has 0 amide bonds. The molecule has 0 aromatic heterocycles. The molecule has 2 atom stereocenters. The molecule has 0 aromatic carbocycles. The minimum absolute atomic E-state index is 0.253. The summed E-state index contributed by atoms with van der Waals surface area (Å²) < 4.78 is 12.7. The zero-order chi connectivity index (χ0) is 8.31. The third-order valence-electron chi connectivity index (χ3n) is 1.17. The van der Waals surface area contributed by atoms with Crippen LogP contribution in [0.1, 0.15) is 13.8 Å². The van der Waals surface area contributed by atoms with Crippen LogP contribution >= 0.6 is 0 Å². The van der Waals surface area contributed by atoms with Crippen LogP contribution in [-0.2, 0) is 4.79 Å². The number of hydrogen-bond donors (Lipinski definition) is 0. The van der Waals surface area contributed by atoms with Crippen LogP contribution in [-0.4, -0.2) is 12.0 Å². The fourth-order valence-corrected chi connectivity index (χ4v) is 0.494. The molecule has 0 aromatic rings. The molecule has 0 N–H and O–H groups in total. The summed E-state index contributed by atoms with van der Waals surface area (Å²) in [5.74, 6) is -1.04. The lowest BCUT2D eigenvalue weighted by atomic mass is 10.0. The van der Waals surface area contributed by atoms with Crippen LogP contribution in [0.3, 0.4) is 0 Å². The molecule has 1 radical (unpaired) electrons. The number of alkyl halides is 1. The molecule has 0 saturated heterocycles. The number of allylic oxidation sites excluding steroid dienone is 1. The summed E-state index contributed by atoms with van der Waals surface area (Å²) in [6.07, 6.45) is -1.49. The molecule has 0 rings (SSSR count). The van der Waals surface area contributed by atoms with Gasteiger partial charge in [-0.3, -0.25) is 4.79 Å². The number of Topliss-reactive ketones (excluding diaryl/α,β-unsaturated/α-hetero) is 1. The van der Waals surface area contributed by atoms with E-state index in [0.29, 0.717) is 0 Å². The summed E-state index contributed by atoms with van der Waals surface area (Å²) in [5, 5.41) is 0. The van der Waals surface area contributed by atoms with Gasteiger partial charge < -0.3 is 0 Å². The van der Waals surface area contributed by atoms with E-state index >= 15 is 0 Å². The summed E-state index contributed by atoms with van der Waals surface area (Å²) in [6.45, 7) is 9.80. The van der Waals surface area contributed by atoms with Crippen molar-refractivity contribution in [1.82, 2.24) is 0 Å². The van der Waals surface area contributed by atoms with Crippen LogP contribution < -0.4 is 0 Å². The van der Waals surface area contributed by atoms with E-state index in [4.69, 9.17) is 0 Å². The number of rotatable bonds is 3. The molecule has 0 bridgehead atoms. The standard InChI is InChI=1S/C8H12FO/c1-5(2)7(9)8(10)6(3)4/h5,7H,1,3H2,2,4H3. The van der Waals surface area contributed by atoms with Crippen molar-refractivity contribution in [2.24, 2.45) is 5.92 Å². The van der Waals surface area contributed by atoms with Crippen molar-refractivity contribution in [1.29, 1.82) is 0 Å². The average molecular weight is 143 g/mol. The van der Waals surface area contributed by atoms with Crippen molar-refractivity contribution in [3.8, 4) is 0 Å². The molecule has 2 heteroatoms. The number of ketones is 1. The first kappa shape index (κ1) is 9.34. The minimum Gasteiger partial charge on any atom is -0.291 e. The highest BCUT2D eigenvalue weighted by atomic mass is 19.1. The van der Waals surface area contributed by atoms with E-state index in [9.17, 15) is 9.18 Å². The lowest BCUT2D eigenvalue weighted by Crippen LogP contribution is -2.21. The molecule has 0 aliphatic carbocycles. The Kier molecular flexibility index (Phi) is 3.26. The van der Waals surface area contributed by atoms with E-state index in [1.807, 2.05) is 0 Å². The van der Waals surface area contributed by atoms with Gasteiger partial charge in [-0.05, 0) is 25.3 Å².